The summed E-state index contributed by atoms with van der Waals surface area (Å²) in [4.78, 5) is 33.4. The van der Waals surface area contributed by atoms with Gasteiger partial charge in [-0.1, -0.05) is 6.08 Å². The molecule has 0 aliphatic rings. The summed E-state index contributed by atoms with van der Waals surface area (Å²) in [5.41, 5.74) is 0. The Kier molecular flexibility index (Phi) is 7.74. The van der Waals surface area contributed by atoms with Crippen molar-refractivity contribution in [2.24, 2.45) is 0 Å². The topological polar surface area (TPSA) is 78.9 Å². The van der Waals surface area contributed by atoms with Gasteiger partial charge in [-0.05, 0) is 19.3 Å². The standard InChI is InChI=1S/C12H20O6Si/c1-5-6-7-8-9-19(16-10(2)13,17-11(3)14)18-12(4)15/h5H,1,6-9H2,2-4H3. The number of rotatable bonds is 8. The zero-order chi connectivity index (χ0) is 14.9. The molecule has 0 bridgehead atoms. The average molecular weight is 288 g/mol. The van der Waals surface area contributed by atoms with Crippen LogP contribution < -0.4 is 0 Å². The Morgan fingerprint density at radius 1 is 0.947 bits per heavy atom. The molecule has 0 heterocycles. The molecule has 108 valence electrons. The molecular formula is C12H20O6Si. The smallest absolute Gasteiger partial charge is 0.455 e. The predicted molar refractivity (Wildman–Crippen MR) is 69.9 cm³/mol. The maximum atomic E-state index is 11.1. The highest BCUT2D eigenvalue weighted by Crippen LogP contribution is 2.21. The first kappa shape index (κ1) is 17.4. The van der Waals surface area contributed by atoms with Crippen molar-refractivity contribution in [2.75, 3.05) is 0 Å². The number of unbranched alkanes of at least 4 members (excludes halogenated alkanes) is 2. The van der Waals surface area contributed by atoms with Gasteiger partial charge in [0.15, 0.2) is 0 Å². The minimum absolute atomic E-state index is 0.222. The lowest BCUT2D eigenvalue weighted by Crippen LogP contribution is -2.49. The van der Waals surface area contributed by atoms with Crippen molar-refractivity contribution in [3.05, 3.63) is 12.7 Å². The zero-order valence-corrected chi connectivity index (χ0v) is 12.6. The second kappa shape index (κ2) is 8.47. The lowest BCUT2D eigenvalue weighted by atomic mass is 10.2. The third-order valence-electron chi connectivity index (χ3n) is 2.04. The lowest BCUT2D eigenvalue weighted by Gasteiger charge is -2.26. The monoisotopic (exact) mass is 288 g/mol. The first-order valence-corrected chi connectivity index (χ1v) is 7.94. The van der Waals surface area contributed by atoms with Crippen LogP contribution in [0.5, 0.6) is 0 Å². The molecule has 0 unspecified atom stereocenters. The van der Waals surface area contributed by atoms with Gasteiger partial charge in [0.25, 0.3) is 17.9 Å². The number of hydrogen-bond acceptors (Lipinski definition) is 6. The van der Waals surface area contributed by atoms with E-state index < -0.39 is 26.7 Å². The van der Waals surface area contributed by atoms with Crippen LogP contribution in [0, 0.1) is 0 Å². The van der Waals surface area contributed by atoms with E-state index in [1.165, 1.54) is 20.8 Å². The second-order valence-corrected chi connectivity index (χ2v) is 6.48. The van der Waals surface area contributed by atoms with Crippen molar-refractivity contribution >= 4 is 26.7 Å². The molecule has 0 N–H and O–H groups in total. The van der Waals surface area contributed by atoms with Crippen molar-refractivity contribution in [3.8, 4) is 0 Å². The molecule has 0 spiro atoms. The van der Waals surface area contributed by atoms with E-state index in [0.29, 0.717) is 6.42 Å². The largest absolute Gasteiger partial charge is 0.705 e. The fraction of sp³-hybridized carbons (Fsp3) is 0.583. The summed E-state index contributed by atoms with van der Waals surface area (Å²) < 4.78 is 15.1. The molecular weight excluding hydrogens is 268 g/mol. The highest BCUT2D eigenvalue weighted by Gasteiger charge is 2.51. The Bertz CT molecular complexity index is 311. The van der Waals surface area contributed by atoms with Gasteiger partial charge in [0.1, 0.15) is 0 Å². The predicted octanol–water partition coefficient (Wildman–Crippen LogP) is 1.97. The molecule has 0 atom stereocenters. The third-order valence-corrected chi connectivity index (χ3v) is 4.80. The number of hydrogen-bond donors (Lipinski definition) is 0. The van der Waals surface area contributed by atoms with Gasteiger partial charge < -0.3 is 13.3 Å². The van der Waals surface area contributed by atoms with E-state index >= 15 is 0 Å². The highest BCUT2D eigenvalue weighted by atomic mass is 28.4. The van der Waals surface area contributed by atoms with E-state index in [9.17, 15) is 14.4 Å². The van der Waals surface area contributed by atoms with Crippen molar-refractivity contribution < 1.29 is 27.7 Å². The molecule has 0 saturated heterocycles. The molecule has 0 amide bonds. The van der Waals surface area contributed by atoms with Crippen molar-refractivity contribution in [1.29, 1.82) is 0 Å². The van der Waals surface area contributed by atoms with E-state index in [2.05, 4.69) is 6.58 Å². The van der Waals surface area contributed by atoms with Gasteiger partial charge in [-0.25, -0.2) is 0 Å². The Labute approximate surface area is 114 Å². The minimum Gasteiger partial charge on any atom is -0.455 e. The molecule has 0 aromatic heterocycles. The lowest BCUT2D eigenvalue weighted by molar-refractivity contribution is -0.147. The van der Waals surface area contributed by atoms with Crippen LogP contribution in [0.1, 0.15) is 40.0 Å². The number of carbonyl (C=O) groups excluding carboxylic acids is 3. The van der Waals surface area contributed by atoms with Gasteiger partial charge in [-0.3, -0.25) is 14.4 Å². The Morgan fingerprint density at radius 3 is 1.68 bits per heavy atom. The van der Waals surface area contributed by atoms with E-state index in [1.807, 2.05) is 0 Å². The molecule has 7 heteroatoms. The van der Waals surface area contributed by atoms with Crippen molar-refractivity contribution in [1.82, 2.24) is 0 Å². The summed E-state index contributed by atoms with van der Waals surface area (Å²) in [5, 5.41) is 0. The SMILES string of the molecule is C=CCCCC[Si](OC(C)=O)(OC(C)=O)OC(C)=O. The van der Waals surface area contributed by atoms with Gasteiger partial charge in [0, 0.05) is 20.8 Å². The van der Waals surface area contributed by atoms with Crippen LogP contribution in [-0.4, -0.2) is 26.7 Å². The van der Waals surface area contributed by atoms with E-state index in [4.69, 9.17) is 13.3 Å². The molecule has 0 aromatic rings. The van der Waals surface area contributed by atoms with Gasteiger partial charge in [0.05, 0.1) is 6.04 Å². The van der Waals surface area contributed by atoms with Crippen LogP contribution in [0.2, 0.25) is 6.04 Å². The number of carbonyl (C=O) groups is 3. The Hall–Kier alpha value is -1.63. The summed E-state index contributed by atoms with van der Waals surface area (Å²) >= 11 is 0. The molecule has 0 aliphatic heterocycles. The molecule has 0 saturated carbocycles. The number of allylic oxidation sites excluding steroid dienone is 1. The molecule has 0 aliphatic carbocycles. The van der Waals surface area contributed by atoms with E-state index in [1.54, 1.807) is 6.08 Å². The first-order chi connectivity index (χ1) is 8.81. The highest BCUT2D eigenvalue weighted by molar-refractivity contribution is 6.65. The van der Waals surface area contributed by atoms with E-state index in [0.717, 1.165) is 12.8 Å². The molecule has 0 rings (SSSR count). The molecule has 6 nitrogen and oxygen atoms in total. The van der Waals surface area contributed by atoms with Crippen LogP contribution in [0.4, 0.5) is 0 Å². The minimum atomic E-state index is -3.62. The quantitative estimate of drug-likeness (QED) is 0.386. The van der Waals surface area contributed by atoms with Crippen LogP contribution in [0.3, 0.4) is 0 Å². The zero-order valence-electron chi connectivity index (χ0n) is 11.6. The van der Waals surface area contributed by atoms with Crippen LogP contribution in [-0.2, 0) is 27.7 Å². The summed E-state index contributed by atoms with van der Waals surface area (Å²) in [7, 11) is -3.62. The molecule has 0 radical (unpaired) electrons. The van der Waals surface area contributed by atoms with Gasteiger partial charge in [-0.15, -0.1) is 6.58 Å². The maximum absolute atomic E-state index is 11.1. The maximum Gasteiger partial charge on any atom is 0.705 e. The van der Waals surface area contributed by atoms with Gasteiger partial charge in [-0.2, -0.15) is 0 Å². The van der Waals surface area contributed by atoms with Gasteiger partial charge >= 0.3 is 8.80 Å². The van der Waals surface area contributed by atoms with Crippen molar-refractivity contribution in [3.63, 3.8) is 0 Å². The summed E-state index contributed by atoms with van der Waals surface area (Å²) in [6.07, 6.45) is 3.92. The second-order valence-electron chi connectivity index (χ2n) is 4.00. The summed E-state index contributed by atoms with van der Waals surface area (Å²) in [6, 6.07) is 0.222. The Morgan fingerprint density at radius 2 is 1.37 bits per heavy atom. The molecule has 0 fully saturated rings. The van der Waals surface area contributed by atoms with Crippen LogP contribution >= 0.6 is 0 Å². The molecule has 0 aromatic carbocycles. The van der Waals surface area contributed by atoms with Crippen molar-refractivity contribution in [2.45, 2.75) is 46.1 Å². The van der Waals surface area contributed by atoms with E-state index in [-0.39, 0.29) is 6.04 Å². The van der Waals surface area contributed by atoms with Crippen LogP contribution in [0.15, 0.2) is 12.7 Å². The normalized spacial score (nSPS) is 10.5. The fourth-order valence-corrected chi connectivity index (χ4v) is 3.93. The average Bonchev–Trinajstić information content (AvgIpc) is 2.21. The van der Waals surface area contributed by atoms with Gasteiger partial charge in [0.2, 0.25) is 0 Å². The summed E-state index contributed by atoms with van der Waals surface area (Å²) in [6.45, 7) is 7.13. The fourth-order valence-electron chi connectivity index (χ4n) is 1.50. The Balaban J connectivity index is 4.87. The molecule has 19 heavy (non-hydrogen) atoms. The summed E-state index contributed by atoms with van der Waals surface area (Å²) in [5.74, 6) is -1.92. The third kappa shape index (κ3) is 8.14. The first-order valence-electron chi connectivity index (χ1n) is 6.01. The van der Waals surface area contributed by atoms with Crippen LogP contribution in [0.25, 0.3) is 0 Å².